The Morgan fingerprint density at radius 2 is 1.90 bits per heavy atom. The average molecular weight is 304 g/mol. The standard InChI is InChI=1S/C14H19F3N2O2/c1-14(2,3)5-7(18)6-19-13(21)8-4-9(15)11(17)12(20)10(8)16/h4,7,20H,5-6,18H2,1-3H3,(H,19,21). The Bertz CT molecular complexity index is 542. The first-order valence-electron chi connectivity index (χ1n) is 6.43. The molecule has 118 valence electrons. The Morgan fingerprint density at radius 3 is 2.43 bits per heavy atom. The van der Waals surface area contributed by atoms with E-state index in [9.17, 15) is 18.0 Å². The van der Waals surface area contributed by atoms with Gasteiger partial charge in [-0.05, 0) is 17.9 Å². The number of aromatic hydroxyl groups is 1. The van der Waals surface area contributed by atoms with Crippen molar-refractivity contribution in [2.75, 3.05) is 6.54 Å². The molecule has 0 aliphatic heterocycles. The lowest BCUT2D eigenvalue weighted by Gasteiger charge is -2.23. The second-order valence-corrected chi connectivity index (χ2v) is 6.12. The van der Waals surface area contributed by atoms with E-state index in [4.69, 9.17) is 10.8 Å². The quantitative estimate of drug-likeness (QED) is 0.747. The molecule has 4 nitrogen and oxygen atoms in total. The number of carbonyl (C=O) groups is 1. The van der Waals surface area contributed by atoms with Crippen LogP contribution in [0.2, 0.25) is 0 Å². The summed E-state index contributed by atoms with van der Waals surface area (Å²) in [5.74, 6) is -7.22. The minimum atomic E-state index is -1.73. The normalized spacial score (nSPS) is 13.1. The van der Waals surface area contributed by atoms with Gasteiger partial charge in [-0.1, -0.05) is 20.8 Å². The Morgan fingerprint density at radius 1 is 1.33 bits per heavy atom. The largest absolute Gasteiger partial charge is 0.503 e. The smallest absolute Gasteiger partial charge is 0.254 e. The second-order valence-electron chi connectivity index (χ2n) is 6.12. The van der Waals surface area contributed by atoms with E-state index in [1.807, 2.05) is 20.8 Å². The van der Waals surface area contributed by atoms with E-state index in [0.29, 0.717) is 12.5 Å². The molecule has 0 radical (unpaired) electrons. The maximum Gasteiger partial charge on any atom is 0.254 e. The van der Waals surface area contributed by atoms with Crippen molar-refractivity contribution >= 4 is 5.91 Å². The number of phenolic OH excluding ortho intramolecular Hbond substituents is 1. The van der Waals surface area contributed by atoms with Gasteiger partial charge in [-0.25, -0.2) is 8.78 Å². The van der Waals surface area contributed by atoms with Crippen LogP contribution >= 0.6 is 0 Å². The second kappa shape index (κ2) is 6.34. The fourth-order valence-corrected chi connectivity index (χ4v) is 1.93. The van der Waals surface area contributed by atoms with Crippen LogP contribution in [-0.4, -0.2) is 23.6 Å². The minimum Gasteiger partial charge on any atom is -0.503 e. The first-order valence-corrected chi connectivity index (χ1v) is 6.43. The summed E-state index contributed by atoms with van der Waals surface area (Å²) in [4.78, 5) is 11.7. The molecular weight excluding hydrogens is 285 g/mol. The summed E-state index contributed by atoms with van der Waals surface area (Å²) in [5.41, 5.74) is 5.00. The van der Waals surface area contributed by atoms with Gasteiger partial charge in [0.25, 0.3) is 5.91 Å². The van der Waals surface area contributed by atoms with E-state index in [2.05, 4.69) is 5.32 Å². The lowest BCUT2D eigenvalue weighted by Crippen LogP contribution is -2.39. The molecule has 0 heterocycles. The third-order valence-electron chi connectivity index (χ3n) is 2.78. The SMILES string of the molecule is CC(C)(C)CC(N)CNC(=O)c1cc(F)c(F)c(O)c1F. The summed E-state index contributed by atoms with van der Waals surface area (Å²) in [5, 5.41) is 11.4. The lowest BCUT2D eigenvalue weighted by atomic mass is 9.88. The van der Waals surface area contributed by atoms with E-state index < -0.39 is 34.7 Å². The van der Waals surface area contributed by atoms with Crippen LogP contribution in [-0.2, 0) is 0 Å². The van der Waals surface area contributed by atoms with Crippen molar-refractivity contribution < 1.29 is 23.1 Å². The van der Waals surface area contributed by atoms with Crippen LogP contribution in [0.25, 0.3) is 0 Å². The van der Waals surface area contributed by atoms with Gasteiger partial charge < -0.3 is 16.2 Å². The highest BCUT2D eigenvalue weighted by Crippen LogP contribution is 2.25. The molecule has 0 aliphatic carbocycles. The maximum atomic E-state index is 13.5. The van der Waals surface area contributed by atoms with Crippen molar-refractivity contribution in [3.63, 3.8) is 0 Å². The predicted molar refractivity (Wildman–Crippen MR) is 72.4 cm³/mol. The molecule has 0 spiro atoms. The predicted octanol–water partition coefficient (Wildman–Crippen LogP) is 2.30. The number of nitrogens with two attached hydrogens (primary N) is 1. The van der Waals surface area contributed by atoms with Crippen LogP contribution in [0.1, 0.15) is 37.6 Å². The van der Waals surface area contributed by atoms with Gasteiger partial charge in [0.1, 0.15) is 0 Å². The van der Waals surface area contributed by atoms with Crippen LogP contribution in [0.5, 0.6) is 5.75 Å². The molecule has 1 unspecified atom stereocenters. The fraction of sp³-hybridized carbons (Fsp3) is 0.500. The highest BCUT2D eigenvalue weighted by Gasteiger charge is 2.23. The molecule has 1 rings (SSSR count). The molecule has 0 aromatic heterocycles. The molecule has 4 N–H and O–H groups in total. The summed E-state index contributed by atoms with van der Waals surface area (Å²) in [6.45, 7) is 5.97. The number of hydrogen-bond acceptors (Lipinski definition) is 3. The van der Waals surface area contributed by atoms with Crippen molar-refractivity contribution in [2.24, 2.45) is 11.1 Å². The van der Waals surface area contributed by atoms with E-state index in [-0.39, 0.29) is 18.0 Å². The number of benzene rings is 1. The van der Waals surface area contributed by atoms with E-state index >= 15 is 0 Å². The highest BCUT2D eigenvalue weighted by molar-refractivity contribution is 5.95. The van der Waals surface area contributed by atoms with Crippen molar-refractivity contribution in [3.05, 3.63) is 29.1 Å². The molecular formula is C14H19F3N2O2. The third-order valence-corrected chi connectivity index (χ3v) is 2.78. The Balaban J connectivity index is 2.78. The fourth-order valence-electron chi connectivity index (χ4n) is 1.93. The zero-order valence-electron chi connectivity index (χ0n) is 12.1. The van der Waals surface area contributed by atoms with Gasteiger partial charge in [-0.3, -0.25) is 4.79 Å². The van der Waals surface area contributed by atoms with Gasteiger partial charge in [0.2, 0.25) is 5.82 Å². The van der Waals surface area contributed by atoms with E-state index in [0.717, 1.165) is 0 Å². The molecule has 1 aromatic carbocycles. The number of phenols is 1. The molecule has 0 saturated heterocycles. The molecule has 0 aliphatic rings. The van der Waals surface area contributed by atoms with Gasteiger partial charge in [-0.15, -0.1) is 0 Å². The molecule has 0 fully saturated rings. The molecule has 1 aromatic rings. The minimum absolute atomic E-state index is 0.0460. The number of rotatable bonds is 4. The summed E-state index contributed by atoms with van der Waals surface area (Å²) < 4.78 is 39.6. The molecule has 0 saturated carbocycles. The summed E-state index contributed by atoms with van der Waals surface area (Å²) >= 11 is 0. The van der Waals surface area contributed by atoms with Crippen molar-refractivity contribution in [1.29, 1.82) is 0 Å². The molecule has 21 heavy (non-hydrogen) atoms. The topological polar surface area (TPSA) is 75.3 Å². The number of carbonyl (C=O) groups excluding carboxylic acids is 1. The number of hydrogen-bond donors (Lipinski definition) is 3. The zero-order valence-corrected chi connectivity index (χ0v) is 12.1. The van der Waals surface area contributed by atoms with Gasteiger partial charge >= 0.3 is 0 Å². The first-order chi connectivity index (χ1) is 9.53. The number of amides is 1. The van der Waals surface area contributed by atoms with Gasteiger partial charge in [0.15, 0.2) is 17.4 Å². The lowest BCUT2D eigenvalue weighted by molar-refractivity contribution is 0.0943. The maximum absolute atomic E-state index is 13.5. The Kier molecular flexibility index (Phi) is 5.22. The zero-order chi connectivity index (χ0) is 16.4. The van der Waals surface area contributed by atoms with Crippen LogP contribution in [0, 0.1) is 22.9 Å². The van der Waals surface area contributed by atoms with Crippen molar-refractivity contribution in [1.82, 2.24) is 5.32 Å². The van der Waals surface area contributed by atoms with Crippen LogP contribution < -0.4 is 11.1 Å². The van der Waals surface area contributed by atoms with Crippen LogP contribution in [0.4, 0.5) is 13.2 Å². The summed E-state index contributed by atoms with van der Waals surface area (Å²) in [7, 11) is 0. The molecule has 1 amide bonds. The molecule has 0 bridgehead atoms. The van der Waals surface area contributed by atoms with Gasteiger partial charge in [-0.2, -0.15) is 4.39 Å². The Hall–Kier alpha value is -1.76. The summed E-state index contributed by atoms with van der Waals surface area (Å²) in [6.07, 6.45) is 0.610. The third kappa shape index (κ3) is 4.63. The van der Waals surface area contributed by atoms with Crippen molar-refractivity contribution in [2.45, 2.75) is 33.2 Å². The first kappa shape index (κ1) is 17.3. The van der Waals surface area contributed by atoms with Crippen molar-refractivity contribution in [3.8, 4) is 5.75 Å². The van der Waals surface area contributed by atoms with Crippen LogP contribution in [0.15, 0.2) is 6.07 Å². The van der Waals surface area contributed by atoms with E-state index in [1.165, 1.54) is 0 Å². The average Bonchev–Trinajstić information content (AvgIpc) is 2.35. The monoisotopic (exact) mass is 304 g/mol. The van der Waals surface area contributed by atoms with Gasteiger partial charge in [0, 0.05) is 12.6 Å². The molecule has 7 heteroatoms. The van der Waals surface area contributed by atoms with Crippen LogP contribution in [0.3, 0.4) is 0 Å². The van der Waals surface area contributed by atoms with E-state index in [1.54, 1.807) is 0 Å². The number of halogens is 3. The highest BCUT2D eigenvalue weighted by atomic mass is 19.2. The summed E-state index contributed by atoms with van der Waals surface area (Å²) in [6, 6.07) is 0.0329. The molecule has 1 atom stereocenters. The van der Waals surface area contributed by atoms with Gasteiger partial charge in [0.05, 0.1) is 5.56 Å². The Labute approximate surface area is 121 Å². The number of nitrogens with one attached hydrogen (secondary N) is 1.